The van der Waals surface area contributed by atoms with E-state index in [4.69, 9.17) is 10.3 Å². The summed E-state index contributed by atoms with van der Waals surface area (Å²) >= 11 is 0. The van der Waals surface area contributed by atoms with Crippen LogP contribution in [-0.4, -0.2) is 52.0 Å². The number of benzene rings is 1. The molecular weight excluding hydrogens is 442 g/mol. The molecule has 176 valence electrons. The Labute approximate surface area is 193 Å². The third-order valence-corrected chi connectivity index (χ3v) is 7.09. The first-order valence-electron chi connectivity index (χ1n) is 10.8. The van der Waals surface area contributed by atoms with Crippen LogP contribution in [0, 0.1) is 17.8 Å². The smallest absolute Gasteiger partial charge is 0.255 e. The first-order chi connectivity index (χ1) is 16.1. The fraction of sp³-hybridized carbons (Fsp3) is 0.333. The Morgan fingerprint density at radius 1 is 1.21 bits per heavy atom. The molecule has 3 aliphatic carbocycles. The topological polar surface area (TPSA) is 167 Å². The summed E-state index contributed by atoms with van der Waals surface area (Å²) in [5.41, 5.74) is 7.02. The maximum atomic E-state index is 13.7. The van der Waals surface area contributed by atoms with Gasteiger partial charge in [0.05, 0.1) is 17.7 Å². The Morgan fingerprint density at radius 2 is 1.94 bits per heavy atom. The van der Waals surface area contributed by atoms with Gasteiger partial charge in [-0.1, -0.05) is 5.16 Å². The van der Waals surface area contributed by atoms with Crippen LogP contribution in [0.25, 0.3) is 11.1 Å². The van der Waals surface area contributed by atoms with Gasteiger partial charge in [-0.15, -0.1) is 0 Å². The van der Waals surface area contributed by atoms with Crippen molar-refractivity contribution in [3.8, 4) is 16.9 Å². The van der Waals surface area contributed by atoms with E-state index in [1.165, 1.54) is 12.5 Å². The number of nitrogens with zero attached hydrogens (tertiary/aromatic N) is 2. The summed E-state index contributed by atoms with van der Waals surface area (Å²) < 4.78 is 4.90. The minimum absolute atomic E-state index is 0.00177. The molecule has 3 aliphatic rings. The number of nitrogens with two attached hydrogens (primary N) is 1. The summed E-state index contributed by atoms with van der Waals surface area (Å²) in [6.07, 6.45) is 3.46. The number of rotatable bonds is 3. The summed E-state index contributed by atoms with van der Waals surface area (Å²) in [6, 6.07) is 1.76. The Balaban J connectivity index is 1.69. The summed E-state index contributed by atoms with van der Waals surface area (Å²) in [6.45, 7) is 0. The second kappa shape index (κ2) is 7.47. The number of carbonyl (C=O) groups excluding carboxylic acids is 3. The van der Waals surface area contributed by atoms with Gasteiger partial charge in [0.1, 0.15) is 29.1 Å². The monoisotopic (exact) mass is 465 g/mol. The number of allylic oxidation sites excluding steroid dienone is 3. The van der Waals surface area contributed by atoms with Gasteiger partial charge in [-0.2, -0.15) is 0 Å². The molecule has 0 saturated carbocycles. The Kier molecular flexibility index (Phi) is 4.78. The molecule has 0 bridgehead atoms. The minimum Gasteiger partial charge on any atom is -0.511 e. The third-order valence-electron chi connectivity index (χ3n) is 7.09. The number of Topliss-reactive ketones (excluding diaryl/α,β-unsaturated/α-hetero) is 2. The van der Waals surface area contributed by atoms with E-state index in [9.17, 15) is 29.7 Å². The van der Waals surface area contributed by atoms with E-state index in [0.29, 0.717) is 29.5 Å². The zero-order chi connectivity index (χ0) is 24.5. The molecule has 2 aromatic rings. The van der Waals surface area contributed by atoms with Crippen molar-refractivity contribution in [3.63, 3.8) is 0 Å². The van der Waals surface area contributed by atoms with Gasteiger partial charge < -0.3 is 30.5 Å². The normalized spacial score (nSPS) is 24.0. The van der Waals surface area contributed by atoms with Gasteiger partial charge in [-0.25, -0.2) is 0 Å². The number of fused-ring (bicyclic) bond motifs is 3. The Bertz CT molecular complexity index is 1320. The highest BCUT2D eigenvalue weighted by Gasteiger charge is 2.50. The number of primary amides is 1. The van der Waals surface area contributed by atoms with Crippen LogP contribution in [0.4, 0.5) is 5.69 Å². The number of phenolic OH excluding ortho intramolecular Hbond substituents is 1. The van der Waals surface area contributed by atoms with Crippen molar-refractivity contribution in [2.45, 2.75) is 19.3 Å². The van der Waals surface area contributed by atoms with Crippen molar-refractivity contribution in [2.75, 3.05) is 19.0 Å². The third kappa shape index (κ3) is 2.94. The van der Waals surface area contributed by atoms with Crippen molar-refractivity contribution in [3.05, 3.63) is 52.3 Å². The molecule has 34 heavy (non-hydrogen) atoms. The van der Waals surface area contributed by atoms with Crippen LogP contribution in [0.2, 0.25) is 0 Å². The number of aliphatic hydroxyl groups is 2. The fourth-order valence-corrected chi connectivity index (χ4v) is 5.64. The molecular formula is C24H23N3O7. The van der Waals surface area contributed by atoms with E-state index in [1.54, 1.807) is 6.07 Å². The van der Waals surface area contributed by atoms with Crippen molar-refractivity contribution < 1.29 is 34.2 Å². The summed E-state index contributed by atoms with van der Waals surface area (Å²) in [5, 5.41) is 36.2. The molecule has 0 radical (unpaired) electrons. The molecule has 1 heterocycles. The quantitative estimate of drug-likeness (QED) is 0.497. The molecule has 5 N–H and O–H groups in total. The highest BCUT2D eigenvalue weighted by atomic mass is 16.5. The predicted octanol–water partition coefficient (Wildman–Crippen LogP) is 2.19. The zero-order valence-electron chi connectivity index (χ0n) is 18.5. The van der Waals surface area contributed by atoms with Crippen LogP contribution in [0.1, 0.15) is 28.8 Å². The number of aliphatic hydroxyl groups excluding tert-OH is 2. The number of anilines is 1. The average Bonchev–Trinajstić information content (AvgIpc) is 3.27. The molecule has 10 heteroatoms. The number of amides is 1. The Morgan fingerprint density at radius 3 is 2.56 bits per heavy atom. The van der Waals surface area contributed by atoms with Crippen LogP contribution in [-0.2, 0) is 16.0 Å². The van der Waals surface area contributed by atoms with E-state index in [0.717, 1.165) is 5.69 Å². The zero-order valence-corrected chi connectivity index (χ0v) is 18.5. The molecule has 3 atom stereocenters. The summed E-state index contributed by atoms with van der Waals surface area (Å²) in [7, 11) is 3.64. The lowest BCUT2D eigenvalue weighted by molar-refractivity contribution is -0.126. The highest BCUT2D eigenvalue weighted by molar-refractivity contribution is 6.22. The number of phenols is 1. The molecule has 3 unspecified atom stereocenters. The van der Waals surface area contributed by atoms with E-state index < -0.39 is 46.6 Å². The molecule has 0 spiro atoms. The number of hydrogen-bond acceptors (Lipinski definition) is 9. The van der Waals surface area contributed by atoms with Gasteiger partial charge in [-0.05, 0) is 36.3 Å². The molecule has 0 fully saturated rings. The van der Waals surface area contributed by atoms with E-state index in [1.807, 2.05) is 19.0 Å². The van der Waals surface area contributed by atoms with Crippen LogP contribution >= 0.6 is 0 Å². The van der Waals surface area contributed by atoms with Gasteiger partial charge in [0, 0.05) is 42.9 Å². The first-order valence-corrected chi connectivity index (χ1v) is 10.8. The molecule has 1 amide bonds. The maximum Gasteiger partial charge on any atom is 0.255 e. The Hall–Kier alpha value is -4.08. The van der Waals surface area contributed by atoms with Crippen molar-refractivity contribution >= 4 is 23.2 Å². The van der Waals surface area contributed by atoms with Gasteiger partial charge in [0.25, 0.3) is 5.91 Å². The number of aromatic nitrogens is 1. The number of carbonyl (C=O) groups is 3. The fourth-order valence-electron chi connectivity index (χ4n) is 5.64. The lowest BCUT2D eigenvalue weighted by Gasteiger charge is -2.41. The van der Waals surface area contributed by atoms with Crippen molar-refractivity contribution in [2.24, 2.45) is 23.5 Å². The second-order valence-corrected chi connectivity index (χ2v) is 9.21. The summed E-state index contributed by atoms with van der Waals surface area (Å²) in [5.74, 6) is -5.56. The molecule has 5 rings (SSSR count). The number of hydrogen-bond donors (Lipinski definition) is 4. The second-order valence-electron chi connectivity index (χ2n) is 9.21. The molecule has 0 saturated heterocycles. The minimum atomic E-state index is -1.15. The number of ketones is 2. The van der Waals surface area contributed by atoms with Crippen LogP contribution in [0.3, 0.4) is 0 Å². The average molecular weight is 465 g/mol. The standard InChI is InChI=1S/C24H23N3O7/c1-27(2)14-6-12(11-7-26-34-8-11)20(29)18-13(14)4-9-3-10-5-15(28)19(24(25)33)23(32)17(10)21(30)16(9)22(18)31/h6-10,17,28-30H,3-5H2,1-2H3,(H2,25,33). The van der Waals surface area contributed by atoms with E-state index in [2.05, 4.69) is 5.16 Å². The lowest BCUT2D eigenvalue weighted by atomic mass is 9.62. The largest absolute Gasteiger partial charge is 0.511 e. The van der Waals surface area contributed by atoms with Crippen LogP contribution in [0.15, 0.2) is 45.7 Å². The molecule has 0 aliphatic heterocycles. The van der Waals surface area contributed by atoms with E-state index in [-0.39, 0.29) is 29.1 Å². The van der Waals surface area contributed by atoms with Crippen LogP contribution in [0.5, 0.6) is 5.75 Å². The van der Waals surface area contributed by atoms with Gasteiger partial charge >= 0.3 is 0 Å². The molecule has 10 nitrogen and oxygen atoms in total. The van der Waals surface area contributed by atoms with Crippen molar-refractivity contribution in [1.29, 1.82) is 0 Å². The molecule has 1 aromatic carbocycles. The highest BCUT2D eigenvalue weighted by Crippen LogP contribution is 2.52. The maximum absolute atomic E-state index is 13.7. The van der Waals surface area contributed by atoms with Gasteiger partial charge in [0.2, 0.25) is 0 Å². The van der Waals surface area contributed by atoms with Crippen LogP contribution < -0.4 is 10.6 Å². The SMILES string of the molecule is CN(C)c1cc(-c2cnoc2)c(O)c2c1CC1CC3CC(O)=C(C(N)=O)C(=O)C3C(O)=C1C2=O. The van der Waals surface area contributed by atoms with E-state index >= 15 is 0 Å². The van der Waals surface area contributed by atoms with Gasteiger partial charge in [0.15, 0.2) is 11.6 Å². The molecule has 1 aromatic heterocycles. The predicted molar refractivity (Wildman–Crippen MR) is 119 cm³/mol. The first kappa shape index (κ1) is 21.7. The van der Waals surface area contributed by atoms with Crippen molar-refractivity contribution in [1.82, 2.24) is 5.16 Å². The number of aromatic hydroxyl groups is 1. The van der Waals surface area contributed by atoms with Gasteiger partial charge in [-0.3, -0.25) is 14.4 Å². The summed E-state index contributed by atoms with van der Waals surface area (Å²) in [4.78, 5) is 40.3. The lowest BCUT2D eigenvalue weighted by Crippen LogP contribution is -2.43.